The van der Waals surface area contributed by atoms with Crippen LogP contribution in [0, 0.1) is 5.41 Å². The summed E-state index contributed by atoms with van der Waals surface area (Å²) in [6, 6.07) is 6.00. The van der Waals surface area contributed by atoms with E-state index in [2.05, 4.69) is 36.7 Å². The van der Waals surface area contributed by atoms with E-state index < -0.39 is 0 Å². The Balaban J connectivity index is 0.00000225. The van der Waals surface area contributed by atoms with Crippen molar-refractivity contribution in [3.05, 3.63) is 28.2 Å². The molecule has 1 rings (SSSR count). The molecule has 0 saturated heterocycles. The lowest BCUT2D eigenvalue weighted by molar-refractivity contribution is 0.326. The third-order valence-electron chi connectivity index (χ3n) is 2.47. The van der Waals surface area contributed by atoms with Gasteiger partial charge in [0.2, 0.25) is 0 Å². The lowest BCUT2D eigenvalue weighted by Crippen LogP contribution is -2.26. The molecule has 0 spiro atoms. The predicted octanol–water partition coefficient (Wildman–Crippen LogP) is 3.93. The maximum absolute atomic E-state index is 6.17. The summed E-state index contributed by atoms with van der Waals surface area (Å²) in [5.74, 6) is 0.833. The summed E-state index contributed by atoms with van der Waals surface area (Å²) in [5.41, 5.74) is 7.35. The average molecular weight is 309 g/mol. The molecule has 2 nitrogen and oxygen atoms in total. The maximum Gasteiger partial charge on any atom is 0.133 e. The largest absolute Gasteiger partial charge is 0.496 e. The number of hydrogen-bond acceptors (Lipinski definition) is 2. The van der Waals surface area contributed by atoms with Crippen LogP contribution in [0.1, 0.15) is 32.4 Å². The first-order valence-corrected chi connectivity index (χ1v) is 5.74. The van der Waals surface area contributed by atoms with Gasteiger partial charge in [0.15, 0.2) is 0 Å². The summed E-state index contributed by atoms with van der Waals surface area (Å²) in [5, 5.41) is 0. The lowest BCUT2D eigenvalue weighted by Gasteiger charge is -2.27. The van der Waals surface area contributed by atoms with Crippen molar-refractivity contribution >= 4 is 28.3 Å². The first kappa shape index (κ1) is 15.8. The van der Waals surface area contributed by atoms with E-state index in [-0.39, 0.29) is 23.9 Å². The number of methoxy groups -OCH3 is 1. The molecule has 1 aromatic rings. The molecule has 0 fully saturated rings. The van der Waals surface area contributed by atoms with Crippen molar-refractivity contribution in [2.24, 2.45) is 11.1 Å². The van der Waals surface area contributed by atoms with Crippen molar-refractivity contribution in [3.8, 4) is 5.75 Å². The third-order valence-corrected chi connectivity index (χ3v) is 3.09. The van der Waals surface area contributed by atoms with Crippen LogP contribution in [0.15, 0.2) is 22.7 Å². The van der Waals surface area contributed by atoms with Crippen molar-refractivity contribution in [3.63, 3.8) is 0 Å². The van der Waals surface area contributed by atoms with Gasteiger partial charge in [-0.05, 0) is 39.0 Å². The van der Waals surface area contributed by atoms with Gasteiger partial charge in [-0.1, -0.05) is 26.8 Å². The molecule has 2 N–H and O–H groups in total. The highest BCUT2D eigenvalue weighted by molar-refractivity contribution is 9.10. The summed E-state index contributed by atoms with van der Waals surface area (Å²) in [6.45, 7) is 6.40. The second-order valence-corrected chi connectivity index (χ2v) is 5.59. The van der Waals surface area contributed by atoms with E-state index in [1.807, 2.05) is 18.2 Å². The van der Waals surface area contributed by atoms with Crippen molar-refractivity contribution in [2.45, 2.75) is 26.8 Å². The standard InChI is InChI=1S/C12H18BrNO.ClH/c1-12(2,3)11(14)8-5-6-10(15-4)9(13)7-8;/h5-7,11H,14H2,1-4H3;1H/t11-;/m0./s1. The van der Waals surface area contributed by atoms with E-state index in [9.17, 15) is 0 Å². The number of halogens is 2. The van der Waals surface area contributed by atoms with Crippen molar-refractivity contribution in [1.82, 2.24) is 0 Å². The third kappa shape index (κ3) is 3.65. The topological polar surface area (TPSA) is 35.2 Å². The Kier molecular flexibility index (Phi) is 5.80. The summed E-state index contributed by atoms with van der Waals surface area (Å²) < 4.78 is 6.12. The van der Waals surface area contributed by atoms with E-state index >= 15 is 0 Å². The van der Waals surface area contributed by atoms with Crippen molar-refractivity contribution in [1.29, 1.82) is 0 Å². The van der Waals surface area contributed by atoms with Gasteiger partial charge in [-0.25, -0.2) is 0 Å². The summed E-state index contributed by atoms with van der Waals surface area (Å²) in [4.78, 5) is 0. The molecule has 1 aromatic carbocycles. The first-order valence-electron chi connectivity index (χ1n) is 4.95. The Morgan fingerprint density at radius 3 is 2.25 bits per heavy atom. The van der Waals surface area contributed by atoms with E-state index in [1.54, 1.807) is 7.11 Å². The zero-order valence-electron chi connectivity index (χ0n) is 10.1. The van der Waals surface area contributed by atoms with Gasteiger partial charge in [0.25, 0.3) is 0 Å². The van der Waals surface area contributed by atoms with E-state index in [0.29, 0.717) is 0 Å². The van der Waals surface area contributed by atoms with Gasteiger partial charge in [0.1, 0.15) is 5.75 Å². The molecule has 0 amide bonds. The monoisotopic (exact) mass is 307 g/mol. The highest BCUT2D eigenvalue weighted by Crippen LogP contribution is 2.34. The smallest absolute Gasteiger partial charge is 0.133 e. The number of rotatable bonds is 2. The van der Waals surface area contributed by atoms with Gasteiger partial charge in [-0.2, -0.15) is 0 Å². The molecular weight excluding hydrogens is 289 g/mol. The van der Waals surface area contributed by atoms with Crippen LogP contribution in [0.25, 0.3) is 0 Å². The van der Waals surface area contributed by atoms with Crippen LogP contribution in [0.2, 0.25) is 0 Å². The predicted molar refractivity (Wildman–Crippen MR) is 74.3 cm³/mol. The zero-order valence-corrected chi connectivity index (χ0v) is 12.5. The minimum absolute atomic E-state index is 0. The Morgan fingerprint density at radius 1 is 1.31 bits per heavy atom. The number of ether oxygens (including phenoxy) is 1. The first-order chi connectivity index (χ1) is 6.86. The van der Waals surface area contributed by atoms with Crippen molar-refractivity contribution in [2.75, 3.05) is 7.11 Å². The zero-order chi connectivity index (χ0) is 11.6. The summed E-state index contributed by atoms with van der Waals surface area (Å²) >= 11 is 3.46. The summed E-state index contributed by atoms with van der Waals surface area (Å²) in [6.07, 6.45) is 0. The Morgan fingerprint density at radius 2 is 1.88 bits per heavy atom. The highest BCUT2D eigenvalue weighted by atomic mass is 79.9. The molecule has 0 heterocycles. The van der Waals surface area contributed by atoms with Crippen LogP contribution < -0.4 is 10.5 Å². The summed E-state index contributed by atoms with van der Waals surface area (Å²) in [7, 11) is 1.66. The second kappa shape index (κ2) is 5.89. The SMILES string of the molecule is COc1ccc([C@H](N)C(C)(C)C)cc1Br.Cl. The highest BCUT2D eigenvalue weighted by Gasteiger charge is 2.22. The van der Waals surface area contributed by atoms with Crippen LogP contribution in [0.3, 0.4) is 0 Å². The normalized spacial score (nSPS) is 12.9. The molecule has 0 aliphatic carbocycles. The molecule has 1 atom stereocenters. The molecule has 0 bridgehead atoms. The van der Waals surface area contributed by atoms with Gasteiger partial charge < -0.3 is 10.5 Å². The molecule has 4 heteroatoms. The molecule has 0 saturated carbocycles. The molecule has 92 valence electrons. The van der Waals surface area contributed by atoms with Crippen LogP contribution in [-0.2, 0) is 0 Å². The fraction of sp³-hybridized carbons (Fsp3) is 0.500. The van der Waals surface area contributed by atoms with Gasteiger partial charge >= 0.3 is 0 Å². The van der Waals surface area contributed by atoms with Gasteiger partial charge in [0.05, 0.1) is 11.6 Å². The molecule has 0 aliphatic heterocycles. The van der Waals surface area contributed by atoms with Crippen LogP contribution >= 0.6 is 28.3 Å². The van der Waals surface area contributed by atoms with Gasteiger partial charge in [-0.15, -0.1) is 12.4 Å². The quantitative estimate of drug-likeness (QED) is 0.898. The fourth-order valence-electron chi connectivity index (χ4n) is 1.38. The minimum atomic E-state index is 0. The Labute approximate surface area is 112 Å². The van der Waals surface area contributed by atoms with E-state index in [4.69, 9.17) is 10.5 Å². The van der Waals surface area contributed by atoms with Crippen LogP contribution in [0.4, 0.5) is 0 Å². The van der Waals surface area contributed by atoms with Gasteiger partial charge in [0, 0.05) is 6.04 Å². The molecular formula is C12H19BrClNO. The molecule has 0 aliphatic rings. The Hall–Kier alpha value is -0.250. The number of hydrogen-bond donors (Lipinski definition) is 1. The van der Waals surface area contributed by atoms with Crippen LogP contribution in [-0.4, -0.2) is 7.11 Å². The lowest BCUT2D eigenvalue weighted by atomic mass is 9.83. The molecule has 16 heavy (non-hydrogen) atoms. The second-order valence-electron chi connectivity index (χ2n) is 4.74. The maximum atomic E-state index is 6.17. The molecule has 0 radical (unpaired) electrons. The van der Waals surface area contributed by atoms with E-state index in [0.717, 1.165) is 15.8 Å². The Bertz CT molecular complexity index is 349. The minimum Gasteiger partial charge on any atom is -0.496 e. The van der Waals surface area contributed by atoms with Gasteiger partial charge in [-0.3, -0.25) is 0 Å². The molecule has 0 unspecified atom stereocenters. The molecule has 0 aromatic heterocycles. The fourth-order valence-corrected chi connectivity index (χ4v) is 1.93. The number of nitrogens with two attached hydrogens (primary N) is 1. The van der Waals surface area contributed by atoms with E-state index in [1.165, 1.54) is 0 Å². The van der Waals surface area contributed by atoms with Crippen molar-refractivity contribution < 1.29 is 4.74 Å². The number of benzene rings is 1. The average Bonchev–Trinajstić information content (AvgIpc) is 2.15. The van der Waals surface area contributed by atoms with Crippen LogP contribution in [0.5, 0.6) is 5.75 Å².